The smallest absolute Gasteiger partial charge is 0.412 e. The van der Waals surface area contributed by atoms with Gasteiger partial charge in [0.15, 0.2) is 0 Å². The summed E-state index contributed by atoms with van der Waals surface area (Å²) in [5, 5.41) is 5.40. The van der Waals surface area contributed by atoms with E-state index in [4.69, 9.17) is 19.2 Å². The predicted octanol–water partition coefficient (Wildman–Crippen LogP) is 4.21. The van der Waals surface area contributed by atoms with Crippen molar-refractivity contribution in [3.8, 4) is 22.8 Å². The van der Waals surface area contributed by atoms with Crippen molar-refractivity contribution in [3.63, 3.8) is 0 Å². The van der Waals surface area contributed by atoms with Crippen molar-refractivity contribution in [2.45, 2.75) is 75.4 Å². The average molecular weight is 760 g/mol. The molecule has 3 fully saturated rings. The van der Waals surface area contributed by atoms with E-state index < -0.39 is 74.1 Å². The van der Waals surface area contributed by atoms with Crippen LogP contribution < -0.4 is 24.8 Å². The molecule has 0 radical (unpaired) electrons. The van der Waals surface area contributed by atoms with Crippen LogP contribution in [0.15, 0.2) is 80.1 Å². The van der Waals surface area contributed by atoms with Crippen LogP contribution in [0.2, 0.25) is 0 Å². The molecule has 54 heavy (non-hydrogen) atoms. The van der Waals surface area contributed by atoms with Gasteiger partial charge in [0, 0.05) is 35.4 Å². The summed E-state index contributed by atoms with van der Waals surface area (Å²) >= 11 is 0. The molecule has 14 nitrogen and oxygen atoms in total. The Morgan fingerprint density at radius 3 is 2.39 bits per heavy atom. The SMILES string of the molecule is C=COC(=O)N[C@H](C(=O)N1C[C@H](Oc2cc(-c3ccccc3)nc3cc(OC)ccc23)CC1C(=O)N[C@]1(C(=O)NS(=O)(=O)C2CC2)CC1C=C)C(C)(C)C. The van der Waals surface area contributed by atoms with Gasteiger partial charge in [-0.3, -0.25) is 19.1 Å². The number of rotatable bonds is 13. The molecule has 1 aliphatic heterocycles. The van der Waals surface area contributed by atoms with E-state index in [0.29, 0.717) is 40.9 Å². The van der Waals surface area contributed by atoms with E-state index in [0.717, 1.165) is 11.8 Å². The standard InChI is InChI=1S/C39H45N5O9S/c1-7-24-21-39(24,36(47)43-54(49,50)27-15-16-27)42-34(45)31-19-26(22-44(31)35(46)33(38(3,4)5)41-37(48)52-8-2)53-32-20-29(23-12-10-9-11-13-23)40-30-18-25(51-6)14-17-28(30)32/h7-14,17-18,20,24,26-27,31,33H,1-2,15-16,19,21-22H2,3-6H3,(H,41,48)(H,42,45)(H,43,47)/t24?,26-,31?,33-,39-/m1/s1. The van der Waals surface area contributed by atoms with E-state index in [1.807, 2.05) is 36.4 Å². The molecular formula is C39H45N5O9S. The van der Waals surface area contributed by atoms with E-state index in [1.54, 1.807) is 46.1 Å². The van der Waals surface area contributed by atoms with E-state index in [-0.39, 0.29) is 19.4 Å². The summed E-state index contributed by atoms with van der Waals surface area (Å²) in [7, 11) is -2.36. The fraction of sp³-hybridized carbons (Fsp3) is 0.410. The minimum Gasteiger partial charge on any atom is -0.497 e. The Morgan fingerprint density at radius 2 is 1.78 bits per heavy atom. The second-order valence-corrected chi connectivity index (χ2v) is 16.9. The van der Waals surface area contributed by atoms with Crippen molar-refractivity contribution < 1.29 is 41.8 Å². The van der Waals surface area contributed by atoms with Gasteiger partial charge in [-0.2, -0.15) is 0 Å². The lowest BCUT2D eigenvalue weighted by Gasteiger charge is -2.35. The molecule has 2 aliphatic carbocycles. The summed E-state index contributed by atoms with van der Waals surface area (Å²) in [5.41, 5.74) is -0.351. The van der Waals surface area contributed by atoms with Crippen LogP contribution in [0.3, 0.4) is 0 Å². The fourth-order valence-corrected chi connectivity index (χ4v) is 8.14. The number of alkyl carbamates (subject to hydrolysis) is 1. The monoisotopic (exact) mass is 759 g/mol. The van der Waals surface area contributed by atoms with Crippen LogP contribution in [-0.4, -0.2) is 84.7 Å². The molecule has 2 heterocycles. The molecule has 1 aromatic heterocycles. The number of fused-ring (bicyclic) bond motifs is 1. The summed E-state index contributed by atoms with van der Waals surface area (Å²) in [6.07, 6.45) is 1.81. The molecule has 6 rings (SSSR count). The molecular weight excluding hydrogens is 715 g/mol. The van der Waals surface area contributed by atoms with Gasteiger partial charge in [0.05, 0.1) is 36.4 Å². The number of carbonyl (C=O) groups is 4. The van der Waals surface area contributed by atoms with Crippen molar-refractivity contribution in [2.75, 3.05) is 13.7 Å². The molecule has 2 aromatic carbocycles. The van der Waals surface area contributed by atoms with Crippen molar-refractivity contribution in [1.29, 1.82) is 0 Å². The van der Waals surface area contributed by atoms with Gasteiger partial charge in [0.1, 0.15) is 35.2 Å². The van der Waals surface area contributed by atoms with Crippen molar-refractivity contribution >= 4 is 44.7 Å². The molecule has 2 saturated carbocycles. The van der Waals surface area contributed by atoms with Crippen LogP contribution in [-0.2, 0) is 29.1 Å². The number of ether oxygens (including phenoxy) is 3. The van der Waals surface area contributed by atoms with E-state index in [2.05, 4.69) is 28.5 Å². The second kappa shape index (κ2) is 14.8. The number of amides is 4. The maximum absolute atomic E-state index is 14.5. The Morgan fingerprint density at radius 1 is 1.06 bits per heavy atom. The zero-order chi connectivity index (χ0) is 39.0. The minimum absolute atomic E-state index is 0.00299. The summed E-state index contributed by atoms with van der Waals surface area (Å²) in [5.74, 6) is -1.62. The summed E-state index contributed by atoms with van der Waals surface area (Å²) in [6.45, 7) is 12.4. The highest BCUT2D eigenvalue weighted by molar-refractivity contribution is 7.91. The van der Waals surface area contributed by atoms with Crippen LogP contribution in [0.5, 0.6) is 11.5 Å². The Balaban J connectivity index is 1.34. The molecule has 4 amide bonds. The van der Waals surface area contributed by atoms with Crippen LogP contribution in [0.4, 0.5) is 4.79 Å². The number of pyridine rings is 1. The Kier molecular flexibility index (Phi) is 10.5. The highest BCUT2D eigenvalue weighted by atomic mass is 32.2. The molecule has 3 N–H and O–H groups in total. The van der Waals surface area contributed by atoms with Gasteiger partial charge in [-0.1, -0.05) is 63.8 Å². The first kappa shape index (κ1) is 38.3. The summed E-state index contributed by atoms with van der Waals surface area (Å²) in [4.78, 5) is 61.1. The van der Waals surface area contributed by atoms with Crippen molar-refractivity contribution in [3.05, 3.63) is 80.1 Å². The zero-order valence-electron chi connectivity index (χ0n) is 30.7. The number of methoxy groups -OCH3 is 1. The van der Waals surface area contributed by atoms with E-state index >= 15 is 0 Å². The highest BCUT2D eigenvalue weighted by Gasteiger charge is 2.62. The Hall–Kier alpha value is -5.44. The lowest BCUT2D eigenvalue weighted by Crippen LogP contribution is -2.60. The van der Waals surface area contributed by atoms with Gasteiger partial charge in [-0.05, 0) is 36.8 Å². The number of nitrogens with one attached hydrogen (secondary N) is 3. The molecule has 0 spiro atoms. The first-order valence-corrected chi connectivity index (χ1v) is 19.2. The second-order valence-electron chi connectivity index (χ2n) is 14.9. The number of benzene rings is 2. The number of nitrogens with zero attached hydrogens (tertiary/aromatic N) is 2. The maximum atomic E-state index is 14.5. The Labute approximate surface area is 314 Å². The van der Waals surface area contributed by atoms with Gasteiger partial charge in [0.2, 0.25) is 21.8 Å². The van der Waals surface area contributed by atoms with Gasteiger partial charge in [-0.25, -0.2) is 18.2 Å². The molecule has 2 unspecified atom stereocenters. The molecule has 15 heteroatoms. The number of aromatic nitrogens is 1. The van der Waals surface area contributed by atoms with Crippen LogP contribution in [0.25, 0.3) is 22.2 Å². The number of sulfonamides is 1. The topological polar surface area (TPSA) is 182 Å². The van der Waals surface area contributed by atoms with Crippen molar-refractivity contribution in [1.82, 2.24) is 25.2 Å². The number of carbonyl (C=O) groups excluding carboxylic acids is 4. The Bertz CT molecular complexity index is 2100. The number of likely N-dealkylation sites (tertiary alicyclic amines) is 1. The lowest BCUT2D eigenvalue weighted by atomic mass is 9.85. The molecule has 286 valence electrons. The number of hydrogen-bond acceptors (Lipinski definition) is 10. The predicted molar refractivity (Wildman–Crippen MR) is 201 cm³/mol. The summed E-state index contributed by atoms with van der Waals surface area (Å²) in [6, 6.07) is 14.4. The minimum atomic E-state index is -3.92. The first-order valence-electron chi connectivity index (χ1n) is 17.7. The fourth-order valence-electron chi connectivity index (χ4n) is 6.77. The van der Waals surface area contributed by atoms with Crippen LogP contribution in [0.1, 0.15) is 46.5 Å². The molecule has 1 saturated heterocycles. The highest BCUT2D eigenvalue weighted by Crippen LogP contribution is 2.46. The zero-order valence-corrected chi connectivity index (χ0v) is 31.5. The first-order chi connectivity index (χ1) is 25.6. The van der Waals surface area contributed by atoms with Gasteiger partial charge in [-0.15, -0.1) is 6.58 Å². The van der Waals surface area contributed by atoms with Crippen LogP contribution >= 0.6 is 0 Å². The largest absolute Gasteiger partial charge is 0.497 e. The van der Waals surface area contributed by atoms with Gasteiger partial charge >= 0.3 is 6.09 Å². The lowest BCUT2D eigenvalue weighted by molar-refractivity contribution is -0.142. The van der Waals surface area contributed by atoms with Crippen molar-refractivity contribution in [2.24, 2.45) is 11.3 Å². The normalized spacial score (nSPS) is 22.7. The quantitative estimate of drug-likeness (QED) is 0.169. The molecule has 3 aromatic rings. The molecule has 0 bridgehead atoms. The third-order valence-electron chi connectivity index (χ3n) is 10.0. The molecule has 3 aliphatic rings. The third kappa shape index (κ3) is 7.91. The number of hydrogen-bond donors (Lipinski definition) is 3. The molecule has 5 atom stereocenters. The van der Waals surface area contributed by atoms with Gasteiger partial charge in [0.25, 0.3) is 5.91 Å². The van der Waals surface area contributed by atoms with E-state index in [1.165, 1.54) is 11.0 Å². The maximum Gasteiger partial charge on any atom is 0.412 e. The summed E-state index contributed by atoms with van der Waals surface area (Å²) < 4.78 is 44.6. The van der Waals surface area contributed by atoms with Crippen LogP contribution in [0, 0.1) is 11.3 Å². The average Bonchev–Trinajstić information content (AvgIpc) is 4.06. The third-order valence-corrected chi connectivity index (χ3v) is 11.8. The van der Waals surface area contributed by atoms with E-state index in [9.17, 15) is 27.6 Å². The van der Waals surface area contributed by atoms with Gasteiger partial charge < -0.3 is 29.7 Å².